The Morgan fingerprint density at radius 2 is 2.14 bits per heavy atom. The number of carbonyl (C=O) groups excluding carboxylic acids is 1. The molecule has 1 aromatic carbocycles. The molecule has 0 radical (unpaired) electrons. The van der Waals surface area contributed by atoms with Gasteiger partial charge in [-0.25, -0.2) is 4.98 Å². The summed E-state index contributed by atoms with van der Waals surface area (Å²) in [4.78, 5) is 16.8. The minimum Gasteiger partial charge on any atom is -0.383 e. The number of thioether (sulfide) groups is 1. The fraction of sp³-hybridized carbons (Fsp3) is 0.200. The Morgan fingerprint density at radius 1 is 1.36 bits per heavy atom. The number of anilines is 2. The van der Waals surface area contributed by atoms with Gasteiger partial charge in [0.15, 0.2) is 0 Å². The van der Waals surface area contributed by atoms with Crippen molar-refractivity contribution in [3.05, 3.63) is 65.5 Å². The molecular weight excluding hydrogens is 372 g/mol. The molecule has 0 bridgehead atoms. The molecule has 0 aliphatic rings. The quantitative estimate of drug-likeness (QED) is 0.472. The lowest BCUT2D eigenvalue weighted by molar-refractivity contribution is 0.102. The standard InChI is InChI=1S/C20H20N6OS/c1-26-13-14(12-23-26)6-5-9-28-20-15(11-21)10-17(18(22)25-20)19(27)24-16-7-3-2-4-8-16/h2-4,7-8,10,12-13H,5-6,9H2,1H3,(H2,22,25)(H,24,27). The molecule has 0 fully saturated rings. The van der Waals surface area contributed by atoms with Crippen molar-refractivity contribution >= 4 is 29.2 Å². The molecule has 0 saturated heterocycles. The number of nitriles is 1. The second kappa shape index (κ2) is 9.06. The number of nitrogens with zero attached hydrogens (tertiary/aromatic N) is 4. The average Bonchev–Trinajstić information content (AvgIpc) is 3.11. The van der Waals surface area contributed by atoms with Gasteiger partial charge in [0.1, 0.15) is 16.9 Å². The van der Waals surface area contributed by atoms with Crippen LogP contribution >= 0.6 is 11.8 Å². The van der Waals surface area contributed by atoms with Gasteiger partial charge in [-0.1, -0.05) is 18.2 Å². The van der Waals surface area contributed by atoms with Crippen molar-refractivity contribution in [3.8, 4) is 6.07 Å². The summed E-state index contributed by atoms with van der Waals surface area (Å²) < 4.78 is 1.78. The smallest absolute Gasteiger partial charge is 0.259 e. The molecule has 2 heterocycles. The summed E-state index contributed by atoms with van der Waals surface area (Å²) in [5, 5.41) is 16.9. The Balaban J connectivity index is 1.65. The van der Waals surface area contributed by atoms with Crippen molar-refractivity contribution in [1.82, 2.24) is 14.8 Å². The number of pyridine rings is 1. The molecule has 1 amide bonds. The molecule has 0 spiro atoms. The normalized spacial score (nSPS) is 10.4. The molecule has 3 rings (SSSR count). The number of amides is 1. The summed E-state index contributed by atoms with van der Waals surface area (Å²) in [5.74, 6) is 0.508. The summed E-state index contributed by atoms with van der Waals surface area (Å²) >= 11 is 1.46. The Bertz CT molecular complexity index is 1010. The first kappa shape index (κ1) is 19.5. The van der Waals surface area contributed by atoms with Gasteiger partial charge in [0.2, 0.25) is 0 Å². The van der Waals surface area contributed by atoms with E-state index >= 15 is 0 Å². The van der Waals surface area contributed by atoms with Crippen LogP contribution in [-0.2, 0) is 13.5 Å². The molecule has 0 unspecified atom stereocenters. The highest BCUT2D eigenvalue weighted by Gasteiger charge is 2.16. The van der Waals surface area contributed by atoms with E-state index in [2.05, 4.69) is 21.5 Å². The molecule has 0 atom stereocenters. The van der Waals surface area contributed by atoms with Crippen LogP contribution in [0.3, 0.4) is 0 Å². The van der Waals surface area contributed by atoms with Gasteiger partial charge in [0.05, 0.1) is 17.3 Å². The maximum absolute atomic E-state index is 12.5. The molecule has 3 N–H and O–H groups in total. The van der Waals surface area contributed by atoms with Crippen molar-refractivity contribution in [3.63, 3.8) is 0 Å². The fourth-order valence-electron chi connectivity index (χ4n) is 2.65. The van der Waals surface area contributed by atoms with Gasteiger partial charge < -0.3 is 11.1 Å². The summed E-state index contributed by atoms with van der Waals surface area (Å²) in [5.41, 5.74) is 8.35. The van der Waals surface area contributed by atoms with Gasteiger partial charge in [0.25, 0.3) is 5.91 Å². The zero-order chi connectivity index (χ0) is 19.9. The third-order valence-corrected chi connectivity index (χ3v) is 5.10. The molecule has 0 aliphatic carbocycles. The van der Waals surface area contributed by atoms with Crippen LogP contribution in [0.15, 0.2) is 53.8 Å². The van der Waals surface area contributed by atoms with Crippen LogP contribution in [0.1, 0.15) is 27.9 Å². The van der Waals surface area contributed by atoms with Gasteiger partial charge in [0, 0.05) is 18.9 Å². The van der Waals surface area contributed by atoms with Gasteiger partial charge in [-0.3, -0.25) is 9.48 Å². The molecule has 2 aromatic heterocycles. The molecule has 8 heteroatoms. The lowest BCUT2D eigenvalue weighted by Crippen LogP contribution is -2.15. The van der Waals surface area contributed by atoms with E-state index in [-0.39, 0.29) is 17.3 Å². The minimum absolute atomic E-state index is 0.113. The van der Waals surface area contributed by atoms with Crippen molar-refractivity contribution in [2.75, 3.05) is 16.8 Å². The second-order valence-corrected chi connectivity index (χ2v) is 7.26. The van der Waals surface area contributed by atoms with Gasteiger partial charge in [-0.15, -0.1) is 11.8 Å². The van der Waals surface area contributed by atoms with E-state index in [9.17, 15) is 10.1 Å². The van der Waals surface area contributed by atoms with Crippen molar-refractivity contribution in [2.45, 2.75) is 17.9 Å². The second-order valence-electron chi connectivity index (χ2n) is 6.18. The zero-order valence-corrected chi connectivity index (χ0v) is 16.2. The Labute approximate surface area is 167 Å². The van der Waals surface area contributed by atoms with E-state index in [0.29, 0.717) is 16.3 Å². The first-order valence-corrected chi connectivity index (χ1v) is 9.72. The Kier molecular flexibility index (Phi) is 6.29. The van der Waals surface area contributed by atoms with Crippen LogP contribution in [-0.4, -0.2) is 26.4 Å². The number of hydrogen-bond donors (Lipinski definition) is 2. The fourth-order valence-corrected chi connectivity index (χ4v) is 3.55. The monoisotopic (exact) mass is 392 g/mol. The summed E-state index contributed by atoms with van der Waals surface area (Å²) in [6.45, 7) is 0. The maximum Gasteiger partial charge on any atom is 0.259 e. The van der Waals surface area contributed by atoms with E-state index in [1.807, 2.05) is 37.6 Å². The molecule has 0 aliphatic heterocycles. The number of hydrogen-bond acceptors (Lipinski definition) is 6. The third kappa shape index (κ3) is 4.90. The van der Waals surface area contributed by atoms with Crippen molar-refractivity contribution < 1.29 is 4.79 Å². The first-order valence-electron chi connectivity index (χ1n) is 8.74. The Hall–Kier alpha value is -3.31. The molecule has 28 heavy (non-hydrogen) atoms. The van der Waals surface area contributed by atoms with Crippen LogP contribution < -0.4 is 11.1 Å². The number of aromatic nitrogens is 3. The minimum atomic E-state index is -0.388. The average molecular weight is 392 g/mol. The molecule has 7 nitrogen and oxygen atoms in total. The summed E-state index contributed by atoms with van der Waals surface area (Å²) in [7, 11) is 1.89. The largest absolute Gasteiger partial charge is 0.383 e. The summed E-state index contributed by atoms with van der Waals surface area (Å²) in [6.07, 6.45) is 5.65. The summed E-state index contributed by atoms with van der Waals surface area (Å²) in [6, 6.07) is 12.7. The number of benzene rings is 1. The maximum atomic E-state index is 12.5. The molecule has 3 aromatic rings. The number of nitrogen functional groups attached to an aromatic ring is 1. The van der Waals surface area contributed by atoms with Crippen LogP contribution in [0.2, 0.25) is 0 Å². The van der Waals surface area contributed by atoms with Crippen molar-refractivity contribution in [1.29, 1.82) is 5.26 Å². The topological polar surface area (TPSA) is 110 Å². The van der Waals surface area contributed by atoms with Crippen LogP contribution in [0.25, 0.3) is 0 Å². The predicted molar refractivity (Wildman–Crippen MR) is 110 cm³/mol. The highest BCUT2D eigenvalue weighted by atomic mass is 32.2. The lowest BCUT2D eigenvalue weighted by atomic mass is 10.2. The molecular formula is C20H20N6OS. The van der Waals surface area contributed by atoms with Gasteiger partial charge in [-0.05, 0) is 42.4 Å². The van der Waals surface area contributed by atoms with Crippen LogP contribution in [0, 0.1) is 11.3 Å². The third-order valence-electron chi connectivity index (χ3n) is 4.02. The predicted octanol–water partition coefficient (Wildman–Crippen LogP) is 3.25. The van der Waals surface area contributed by atoms with E-state index in [4.69, 9.17) is 5.73 Å². The number of para-hydroxylation sites is 1. The number of aryl methyl sites for hydroxylation is 2. The van der Waals surface area contributed by atoms with E-state index in [1.54, 1.807) is 16.8 Å². The van der Waals surface area contributed by atoms with Gasteiger partial charge >= 0.3 is 0 Å². The SMILES string of the molecule is Cn1cc(CCCSc2nc(N)c(C(=O)Nc3ccccc3)cc2C#N)cn1. The molecule has 0 saturated carbocycles. The highest BCUT2D eigenvalue weighted by molar-refractivity contribution is 7.99. The first-order chi connectivity index (χ1) is 13.6. The number of carbonyl (C=O) groups is 1. The van der Waals surface area contributed by atoms with Crippen LogP contribution in [0.4, 0.5) is 11.5 Å². The molecule has 142 valence electrons. The van der Waals surface area contributed by atoms with E-state index < -0.39 is 0 Å². The van der Waals surface area contributed by atoms with Gasteiger partial charge in [-0.2, -0.15) is 10.4 Å². The lowest BCUT2D eigenvalue weighted by Gasteiger charge is -2.10. The number of nitrogens with two attached hydrogens (primary N) is 1. The van der Waals surface area contributed by atoms with Crippen LogP contribution in [0.5, 0.6) is 0 Å². The number of nitrogens with one attached hydrogen (secondary N) is 1. The zero-order valence-electron chi connectivity index (χ0n) is 15.4. The highest BCUT2D eigenvalue weighted by Crippen LogP contribution is 2.25. The van der Waals surface area contributed by atoms with E-state index in [1.165, 1.54) is 23.4 Å². The van der Waals surface area contributed by atoms with E-state index in [0.717, 1.165) is 18.6 Å². The Morgan fingerprint density at radius 3 is 2.82 bits per heavy atom. The van der Waals surface area contributed by atoms with Crippen molar-refractivity contribution in [2.24, 2.45) is 7.05 Å². The number of rotatable bonds is 7.